The van der Waals surface area contributed by atoms with Crippen LogP contribution in [0, 0.1) is 5.92 Å². The molecule has 142 valence electrons. The zero-order valence-electron chi connectivity index (χ0n) is 15.8. The van der Waals surface area contributed by atoms with E-state index in [0.717, 1.165) is 49.8 Å². The highest BCUT2D eigenvalue weighted by molar-refractivity contribution is 5.81. The fourth-order valence-corrected chi connectivity index (χ4v) is 3.25. The zero-order valence-corrected chi connectivity index (χ0v) is 15.8. The number of aliphatic imine (C=N–C) groups is 1. The Labute approximate surface area is 154 Å². The molecule has 0 aromatic heterocycles. The van der Waals surface area contributed by atoms with Crippen LogP contribution in [0.15, 0.2) is 17.1 Å². The Bertz CT molecular complexity index is 686. The van der Waals surface area contributed by atoms with Crippen LogP contribution in [0.2, 0.25) is 0 Å². The first-order valence-corrected chi connectivity index (χ1v) is 9.13. The van der Waals surface area contributed by atoms with Crippen LogP contribution >= 0.6 is 0 Å². The Morgan fingerprint density at radius 1 is 1.15 bits per heavy atom. The van der Waals surface area contributed by atoms with Gasteiger partial charge in [-0.25, -0.2) is 0 Å². The summed E-state index contributed by atoms with van der Waals surface area (Å²) >= 11 is 0. The molecule has 0 radical (unpaired) electrons. The molecule has 2 N–H and O–H groups in total. The third-order valence-electron chi connectivity index (χ3n) is 4.88. The molecular formula is C19H28N4O3. The SMILES string of the molecule is CN=C(NCCNC(=O)C1CC1)N1CCc2cc(OC)c(OC)cc2C1. The van der Waals surface area contributed by atoms with Gasteiger partial charge in [0, 0.05) is 39.1 Å². The number of rotatable bonds is 6. The highest BCUT2D eigenvalue weighted by Gasteiger charge is 2.29. The van der Waals surface area contributed by atoms with Crippen molar-refractivity contribution in [3.8, 4) is 11.5 Å². The van der Waals surface area contributed by atoms with Gasteiger partial charge in [-0.15, -0.1) is 0 Å². The molecule has 0 spiro atoms. The molecule has 0 unspecified atom stereocenters. The average Bonchev–Trinajstić information content (AvgIpc) is 3.51. The number of hydrogen-bond donors (Lipinski definition) is 2. The Balaban J connectivity index is 1.56. The standard InChI is InChI=1S/C19H28N4O3/c1-20-19(22-8-7-21-18(24)13-4-5-13)23-9-6-14-10-16(25-2)17(26-3)11-15(14)12-23/h10-11,13H,4-9,12H2,1-3H3,(H,20,22)(H,21,24). The minimum Gasteiger partial charge on any atom is -0.493 e. The number of fused-ring (bicyclic) bond motifs is 1. The molecule has 7 heteroatoms. The summed E-state index contributed by atoms with van der Waals surface area (Å²) in [5.74, 6) is 2.80. The molecule has 1 fully saturated rings. The molecule has 1 aliphatic carbocycles. The van der Waals surface area contributed by atoms with E-state index in [-0.39, 0.29) is 11.8 Å². The first-order chi connectivity index (χ1) is 12.7. The molecule has 1 aliphatic heterocycles. The summed E-state index contributed by atoms with van der Waals surface area (Å²) in [5.41, 5.74) is 2.50. The fraction of sp³-hybridized carbons (Fsp3) is 0.579. The molecule has 0 atom stereocenters. The van der Waals surface area contributed by atoms with Crippen LogP contribution < -0.4 is 20.1 Å². The van der Waals surface area contributed by atoms with Gasteiger partial charge in [0.25, 0.3) is 0 Å². The Morgan fingerprint density at radius 2 is 1.81 bits per heavy atom. The first-order valence-electron chi connectivity index (χ1n) is 9.13. The van der Waals surface area contributed by atoms with Crippen LogP contribution in [0.4, 0.5) is 0 Å². The number of nitrogens with one attached hydrogen (secondary N) is 2. The number of guanidine groups is 1. The predicted molar refractivity (Wildman–Crippen MR) is 101 cm³/mol. The second-order valence-electron chi connectivity index (χ2n) is 6.69. The lowest BCUT2D eigenvalue weighted by Gasteiger charge is -2.32. The van der Waals surface area contributed by atoms with Crippen molar-refractivity contribution < 1.29 is 14.3 Å². The summed E-state index contributed by atoms with van der Waals surface area (Å²) in [6.45, 7) is 2.94. The van der Waals surface area contributed by atoms with Crippen molar-refractivity contribution in [3.63, 3.8) is 0 Å². The minimum absolute atomic E-state index is 0.176. The molecule has 1 aromatic rings. The molecule has 1 aromatic carbocycles. The predicted octanol–water partition coefficient (Wildman–Crippen LogP) is 1.16. The molecule has 7 nitrogen and oxygen atoms in total. The number of carbonyl (C=O) groups is 1. The monoisotopic (exact) mass is 360 g/mol. The van der Waals surface area contributed by atoms with E-state index in [4.69, 9.17) is 9.47 Å². The maximum absolute atomic E-state index is 11.7. The lowest BCUT2D eigenvalue weighted by molar-refractivity contribution is -0.122. The third-order valence-corrected chi connectivity index (χ3v) is 4.88. The quantitative estimate of drug-likeness (QED) is 0.452. The number of amides is 1. The molecule has 1 saturated carbocycles. The van der Waals surface area contributed by atoms with E-state index in [1.807, 2.05) is 6.07 Å². The Kier molecular flexibility index (Phi) is 5.85. The van der Waals surface area contributed by atoms with Gasteiger partial charge in [0.15, 0.2) is 17.5 Å². The van der Waals surface area contributed by atoms with E-state index in [0.29, 0.717) is 13.1 Å². The normalized spacial score (nSPS) is 16.7. The topological polar surface area (TPSA) is 75.2 Å². The third kappa shape index (κ3) is 4.20. The van der Waals surface area contributed by atoms with Crippen LogP contribution in [0.25, 0.3) is 0 Å². The van der Waals surface area contributed by atoms with E-state index < -0.39 is 0 Å². The molecule has 2 aliphatic rings. The van der Waals surface area contributed by atoms with Crippen LogP contribution in [-0.2, 0) is 17.8 Å². The van der Waals surface area contributed by atoms with Crippen molar-refractivity contribution >= 4 is 11.9 Å². The van der Waals surface area contributed by atoms with E-state index in [2.05, 4.69) is 26.6 Å². The maximum atomic E-state index is 11.7. The van der Waals surface area contributed by atoms with Crippen LogP contribution in [0.3, 0.4) is 0 Å². The van der Waals surface area contributed by atoms with Gasteiger partial charge >= 0.3 is 0 Å². The molecule has 0 saturated heterocycles. The van der Waals surface area contributed by atoms with Gasteiger partial charge in [-0.3, -0.25) is 9.79 Å². The summed E-state index contributed by atoms with van der Waals surface area (Å²) in [6.07, 6.45) is 2.99. The number of hydrogen-bond acceptors (Lipinski definition) is 4. The van der Waals surface area contributed by atoms with Crippen molar-refractivity contribution in [1.82, 2.24) is 15.5 Å². The summed E-state index contributed by atoms with van der Waals surface area (Å²) in [7, 11) is 5.10. The van der Waals surface area contributed by atoms with Crippen LogP contribution in [-0.4, -0.2) is 57.7 Å². The average molecular weight is 360 g/mol. The lowest BCUT2D eigenvalue weighted by atomic mass is 9.99. The number of methoxy groups -OCH3 is 2. The molecule has 3 rings (SSSR count). The largest absolute Gasteiger partial charge is 0.493 e. The van der Waals surface area contributed by atoms with Gasteiger partial charge in [0.2, 0.25) is 5.91 Å². The van der Waals surface area contributed by atoms with Crippen molar-refractivity contribution in [2.75, 3.05) is 40.9 Å². The van der Waals surface area contributed by atoms with Crippen LogP contribution in [0.1, 0.15) is 24.0 Å². The highest BCUT2D eigenvalue weighted by Crippen LogP contribution is 2.33. The number of carbonyl (C=O) groups excluding carboxylic acids is 1. The van der Waals surface area contributed by atoms with Gasteiger partial charge in [0.05, 0.1) is 14.2 Å². The Hall–Kier alpha value is -2.44. The van der Waals surface area contributed by atoms with E-state index in [9.17, 15) is 4.79 Å². The molecular weight excluding hydrogens is 332 g/mol. The lowest BCUT2D eigenvalue weighted by Crippen LogP contribution is -2.46. The van der Waals surface area contributed by atoms with Crippen LogP contribution in [0.5, 0.6) is 11.5 Å². The van der Waals surface area contributed by atoms with Crippen molar-refractivity contribution in [2.24, 2.45) is 10.9 Å². The number of ether oxygens (including phenoxy) is 2. The van der Waals surface area contributed by atoms with Gasteiger partial charge in [0.1, 0.15) is 0 Å². The van der Waals surface area contributed by atoms with Gasteiger partial charge in [-0.2, -0.15) is 0 Å². The summed E-state index contributed by atoms with van der Waals surface area (Å²) in [4.78, 5) is 18.3. The van der Waals surface area contributed by atoms with E-state index in [1.165, 1.54) is 11.1 Å². The van der Waals surface area contributed by atoms with Crippen molar-refractivity contribution in [2.45, 2.75) is 25.8 Å². The summed E-state index contributed by atoms with van der Waals surface area (Å²) < 4.78 is 10.8. The van der Waals surface area contributed by atoms with Crippen molar-refractivity contribution in [3.05, 3.63) is 23.3 Å². The highest BCUT2D eigenvalue weighted by atomic mass is 16.5. The number of benzene rings is 1. The van der Waals surface area contributed by atoms with Gasteiger partial charge in [-0.1, -0.05) is 0 Å². The fourth-order valence-electron chi connectivity index (χ4n) is 3.25. The first kappa shape index (κ1) is 18.4. The summed E-state index contributed by atoms with van der Waals surface area (Å²) in [5, 5.41) is 6.31. The Morgan fingerprint density at radius 3 is 2.42 bits per heavy atom. The zero-order chi connectivity index (χ0) is 18.5. The maximum Gasteiger partial charge on any atom is 0.223 e. The second kappa shape index (κ2) is 8.29. The van der Waals surface area contributed by atoms with E-state index in [1.54, 1.807) is 21.3 Å². The molecule has 0 bridgehead atoms. The van der Waals surface area contributed by atoms with E-state index >= 15 is 0 Å². The molecule has 26 heavy (non-hydrogen) atoms. The second-order valence-corrected chi connectivity index (χ2v) is 6.69. The molecule has 1 amide bonds. The molecule has 1 heterocycles. The smallest absolute Gasteiger partial charge is 0.223 e. The number of nitrogens with zero attached hydrogens (tertiary/aromatic N) is 2. The minimum atomic E-state index is 0.176. The van der Waals surface area contributed by atoms with Crippen molar-refractivity contribution in [1.29, 1.82) is 0 Å². The van der Waals surface area contributed by atoms with Gasteiger partial charge in [-0.05, 0) is 42.5 Å². The van der Waals surface area contributed by atoms with Gasteiger partial charge < -0.3 is 25.0 Å². The summed E-state index contributed by atoms with van der Waals surface area (Å²) in [6, 6.07) is 4.11.